The average Bonchev–Trinajstić information content (AvgIpc) is 2.35. The summed E-state index contributed by atoms with van der Waals surface area (Å²) in [5, 5.41) is 0. The Balaban J connectivity index is 2.90. The van der Waals surface area contributed by atoms with Gasteiger partial charge in [-0.15, -0.1) is 0 Å². The van der Waals surface area contributed by atoms with Crippen LogP contribution in [0.4, 0.5) is 0 Å². The maximum Gasteiger partial charge on any atom is 0.315 e. The molecule has 1 aromatic carbocycles. The minimum absolute atomic E-state index is 0.496. The Hall–Kier alpha value is -1.46. The Morgan fingerprint density at radius 3 is 2.06 bits per heavy atom. The van der Waals surface area contributed by atoms with Crippen LogP contribution in [-0.2, 0) is 9.47 Å². The van der Waals surface area contributed by atoms with E-state index in [1.54, 1.807) is 32.4 Å². The van der Waals surface area contributed by atoms with Gasteiger partial charge in [-0.2, -0.15) is 0 Å². The van der Waals surface area contributed by atoms with Gasteiger partial charge in [-0.05, 0) is 12.1 Å². The van der Waals surface area contributed by atoms with Crippen molar-refractivity contribution in [2.75, 3.05) is 28.4 Å². The lowest BCUT2D eigenvalue weighted by Crippen LogP contribution is -2.20. The molecule has 0 radical (unpaired) electrons. The Morgan fingerprint density at radius 1 is 0.875 bits per heavy atom. The molecule has 0 heterocycles. The first kappa shape index (κ1) is 12.6. The van der Waals surface area contributed by atoms with Gasteiger partial charge in [0.15, 0.2) is 11.5 Å². The van der Waals surface area contributed by atoms with E-state index in [9.17, 15) is 0 Å². The molecule has 0 fully saturated rings. The molecule has 0 unspecified atom stereocenters. The first-order valence-corrected chi connectivity index (χ1v) is 4.69. The molecule has 0 aliphatic rings. The summed E-state index contributed by atoms with van der Waals surface area (Å²) in [7, 11) is 6.11. The molecule has 0 aromatic heterocycles. The van der Waals surface area contributed by atoms with Crippen LogP contribution >= 0.6 is 0 Å². The van der Waals surface area contributed by atoms with Crippen LogP contribution in [0.15, 0.2) is 18.2 Å². The second kappa shape index (κ2) is 6.19. The summed E-state index contributed by atoms with van der Waals surface area (Å²) < 4.78 is 25.5. The van der Waals surface area contributed by atoms with E-state index in [2.05, 4.69) is 0 Å². The molecule has 0 N–H and O–H groups in total. The third-order valence-electron chi connectivity index (χ3n) is 1.98. The van der Waals surface area contributed by atoms with Crippen molar-refractivity contribution in [3.63, 3.8) is 0 Å². The fourth-order valence-corrected chi connectivity index (χ4v) is 1.17. The summed E-state index contributed by atoms with van der Waals surface area (Å²) in [4.78, 5) is 0. The molecular weight excluding hydrogens is 212 g/mol. The summed E-state index contributed by atoms with van der Waals surface area (Å²) in [6.07, 6.45) is 0. The molecule has 0 spiro atoms. The molecule has 0 bridgehead atoms. The molecule has 0 atom stereocenters. The van der Waals surface area contributed by atoms with E-state index in [0.717, 1.165) is 0 Å². The second-order valence-electron chi connectivity index (χ2n) is 2.89. The molecule has 0 amide bonds. The third kappa shape index (κ3) is 3.01. The third-order valence-corrected chi connectivity index (χ3v) is 1.98. The fraction of sp³-hybridized carbons (Fsp3) is 0.455. The van der Waals surface area contributed by atoms with E-state index in [4.69, 9.17) is 23.7 Å². The number of hydrogen-bond donors (Lipinski definition) is 0. The van der Waals surface area contributed by atoms with Crippen molar-refractivity contribution in [1.29, 1.82) is 0 Å². The van der Waals surface area contributed by atoms with Gasteiger partial charge in [0.05, 0.1) is 14.2 Å². The van der Waals surface area contributed by atoms with Gasteiger partial charge >= 0.3 is 6.48 Å². The van der Waals surface area contributed by atoms with Crippen molar-refractivity contribution in [3.05, 3.63) is 18.2 Å². The minimum Gasteiger partial charge on any atom is -0.497 e. The first-order chi connectivity index (χ1) is 7.74. The zero-order chi connectivity index (χ0) is 12.0. The quantitative estimate of drug-likeness (QED) is 0.693. The normalized spacial score (nSPS) is 10.3. The standard InChI is InChI=1S/C11H16O5/c1-12-8-5-6-9(13-2)10(7-8)16-11(14-3)15-4/h5-7,11H,1-4H3. The van der Waals surface area contributed by atoms with Gasteiger partial charge in [0.25, 0.3) is 0 Å². The summed E-state index contributed by atoms with van der Waals surface area (Å²) in [5.41, 5.74) is 0. The highest BCUT2D eigenvalue weighted by Gasteiger charge is 2.12. The number of benzene rings is 1. The molecule has 0 saturated carbocycles. The van der Waals surface area contributed by atoms with Gasteiger partial charge in [0, 0.05) is 20.3 Å². The number of rotatable bonds is 6. The highest BCUT2D eigenvalue weighted by atomic mass is 16.8. The highest BCUT2D eigenvalue weighted by Crippen LogP contribution is 2.31. The summed E-state index contributed by atoms with van der Waals surface area (Å²) in [5.74, 6) is 1.75. The Labute approximate surface area is 94.8 Å². The summed E-state index contributed by atoms with van der Waals surface area (Å²) in [6.45, 7) is -0.777. The molecule has 1 aromatic rings. The van der Waals surface area contributed by atoms with E-state index < -0.39 is 6.48 Å². The van der Waals surface area contributed by atoms with E-state index in [1.165, 1.54) is 14.2 Å². The van der Waals surface area contributed by atoms with E-state index in [-0.39, 0.29) is 0 Å². The number of ether oxygens (including phenoxy) is 5. The van der Waals surface area contributed by atoms with Gasteiger partial charge < -0.3 is 23.7 Å². The Kier molecular flexibility index (Phi) is 4.88. The minimum atomic E-state index is -0.777. The maximum absolute atomic E-state index is 5.43. The van der Waals surface area contributed by atoms with Crippen molar-refractivity contribution in [2.24, 2.45) is 0 Å². The molecular formula is C11H16O5. The predicted molar refractivity (Wildman–Crippen MR) is 58.0 cm³/mol. The first-order valence-electron chi connectivity index (χ1n) is 4.69. The zero-order valence-electron chi connectivity index (χ0n) is 9.85. The number of methoxy groups -OCH3 is 4. The summed E-state index contributed by atoms with van der Waals surface area (Å²) in [6, 6.07) is 5.22. The molecule has 5 nitrogen and oxygen atoms in total. The van der Waals surface area contributed by atoms with Crippen LogP contribution in [-0.4, -0.2) is 34.9 Å². The Morgan fingerprint density at radius 2 is 1.56 bits per heavy atom. The van der Waals surface area contributed by atoms with Gasteiger partial charge in [0.1, 0.15) is 5.75 Å². The highest BCUT2D eigenvalue weighted by molar-refractivity contribution is 5.45. The lowest BCUT2D eigenvalue weighted by Gasteiger charge is -2.17. The van der Waals surface area contributed by atoms with Crippen molar-refractivity contribution in [3.8, 4) is 17.2 Å². The molecule has 0 saturated heterocycles. The zero-order valence-corrected chi connectivity index (χ0v) is 9.85. The topological polar surface area (TPSA) is 46.2 Å². The molecule has 90 valence electrons. The van der Waals surface area contributed by atoms with Crippen molar-refractivity contribution in [2.45, 2.75) is 6.48 Å². The lowest BCUT2D eigenvalue weighted by molar-refractivity contribution is -0.219. The van der Waals surface area contributed by atoms with Crippen LogP contribution in [0.1, 0.15) is 0 Å². The van der Waals surface area contributed by atoms with Gasteiger partial charge in [-0.3, -0.25) is 0 Å². The Bertz CT molecular complexity index is 322. The molecule has 1 rings (SSSR count). The van der Waals surface area contributed by atoms with E-state index >= 15 is 0 Å². The van der Waals surface area contributed by atoms with Crippen LogP contribution in [0.3, 0.4) is 0 Å². The predicted octanol–water partition coefficient (Wildman–Crippen LogP) is 1.66. The van der Waals surface area contributed by atoms with E-state index in [1.807, 2.05) is 0 Å². The monoisotopic (exact) mass is 228 g/mol. The van der Waals surface area contributed by atoms with Crippen LogP contribution in [0, 0.1) is 0 Å². The second-order valence-corrected chi connectivity index (χ2v) is 2.89. The van der Waals surface area contributed by atoms with Crippen LogP contribution in [0.25, 0.3) is 0 Å². The molecule has 16 heavy (non-hydrogen) atoms. The van der Waals surface area contributed by atoms with Gasteiger partial charge in [0.2, 0.25) is 0 Å². The summed E-state index contributed by atoms with van der Waals surface area (Å²) >= 11 is 0. The molecule has 5 heteroatoms. The molecule has 0 aliphatic heterocycles. The van der Waals surface area contributed by atoms with Crippen LogP contribution in [0.5, 0.6) is 17.2 Å². The molecule has 0 aliphatic carbocycles. The van der Waals surface area contributed by atoms with Crippen LogP contribution in [0.2, 0.25) is 0 Å². The van der Waals surface area contributed by atoms with Gasteiger partial charge in [-0.1, -0.05) is 0 Å². The largest absolute Gasteiger partial charge is 0.497 e. The SMILES string of the molecule is COc1ccc(OC)c(OC(OC)OC)c1. The maximum atomic E-state index is 5.43. The lowest BCUT2D eigenvalue weighted by atomic mass is 10.3. The fourth-order valence-electron chi connectivity index (χ4n) is 1.17. The van der Waals surface area contributed by atoms with Crippen molar-refractivity contribution < 1.29 is 23.7 Å². The van der Waals surface area contributed by atoms with Crippen molar-refractivity contribution >= 4 is 0 Å². The van der Waals surface area contributed by atoms with Crippen LogP contribution < -0.4 is 14.2 Å². The average molecular weight is 228 g/mol. The van der Waals surface area contributed by atoms with E-state index in [0.29, 0.717) is 17.2 Å². The number of hydrogen-bond acceptors (Lipinski definition) is 5. The smallest absolute Gasteiger partial charge is 0.315 e. The van der Waals surface area contributed by atoms with Gasteiger partial charge in [-0.25, -0.2) is 0 Å². The van der Waals surface area contributed by atoms with Crippen molar-refractivity contribution in [1.82, 2.24) is 0 Å².